The first-order valence-electron chi connectivity index (χ1n) is 8.59. The van der Waals surface area contributed by atoms with E-state index in [4.69, 9.17) is 0 Å². The highest BCUT2D eigenvalue weighted by Gasteiger charge is 2.07. The molecule has 1 aromatic rings. The predicted octanol–water partition coefficient (Wildman–Crippen LogP) is 4.88. The maximum absolute atomic E-state index is 3.50. The van der Waals surface area contributed by atoms with E-state index in [0.29, 0.717) is 0 Å². The van der Waals surface area contributed by atoms with Gasteiger partial charge in [0.05, 0.1) is 0 Å². The van der Waals surface area contributed by atoms with Gasteiger partial charge in [0.2, 0.25) is 0 Å². The lowest BCUT2D eigenvalue weighted by Gasteiger charge is -2.24. The number of hydrogen-bond acceptors (Lipinski definition) is 2. The molecule has 1 N–H and O–H groups in total. The Morgan fingerprint density at radius 2 is 1.43 bits per heavy atom. The van der Waals surface area contributed by atoms with Gasteiger partial charge in [-0.2, -0.15) is 0 Å². The molecule has 2 nitrogen and oxygen atoms in total. The zero-order valence-electron chi connectivity index (χ0n) is 14.4. The van der Waals surface area contributed by atoms with Gasteiger partial charge in [-0.15, -0.1) is 0 Å². The average molecular weight is 290 g/mol. The monoisotopic (exact) mass is 290 g/mol. The number of nitrogens with one attached hydrogen (secondary N) is 1. The summed E-state index contributed by atoms with van der Waals surface area (Å²) >= 11 is 0. The molecule has 0 aromatic heterocycles. The van der Waals surface area contributed by atoms with Crippen LogP contribution in [0.25, 0.3) is 0 Å². The van der Waals surface area contributed by atoms with Crippen molar-refractivity contribution in [3.63, 3.8) is 0 Å². The molecule has 120 valence electrons. The highest BCUT2D eigenvalue weighted by molar-refractivity contribution is 5.42. The summed E-state index contributed by atoms with van der Waals surface area (Å²) in [7, 11) is 0. The standard InChI is InChI=1S/C19H34N2/c1-17(2)11-15-21(16-12-18(3)4)14-8-13-20-19-9-6-5-7-10-19/h5-7,9-10,17-18,20H,8,11-16H2,1-4H3. The quantitative estimate of drug-likeness (QED) is 0.584. The van der Waals surface area contributed by atoms with Gasteiger partial charge in [0.15, 0.2) is 0 Å². The van der Waals surface area contributed by atoms with Gasteiger partial charge >= 0.3 is 0 Å². The first-order valence-corrected chi connectivity index (χ1v) is 8.59. The molecule has 2 heteroatoms. The van der Waals surface area contributed by atoms with E-state index in [9.17, 15) is 0 Å². The smallest absolute Gasteiger partial charge is 0.0340 e. The van der Waals surface area contributed by atoms with E-state index in [1.165, 1.54) is 44.6 Å². The van der Waals surface area contributed by atoms with Gasteiger partial charge in [-0.3, -0.25) is 0 Å². The van der Waals surface area contributed by atoms with Crippen molar-refractivity contribution in [2.24, 2.45) is 11.8 Å². The molecule has 0 spiro atoms. The Morgan fingerprint density at radius 3 is 1.95 bits per heavy atom. The van der Waals surface area contributed by atoms with Gasteiger partial charge in [-0.25, -0.2) is 0 Å². The molecule has 0 radical (unpaired) electrons. The molecule has 21 heavy (non-hydrogen) atoms. The van der Waals surface area contributed by atoms with E-state index >= 15 is 0 Å². The zero-order valence-corrected chi connectivity index (χ0v) is 14.4. The van der Waals surface area contributed by atoms with E-state index in [2.05, 4.69) is 68.2 Å². The minimum Gasteiger partial charge on any atom is -0.385 e. The second kappa shape index (κ2) is 10.7. The molecule has 0 atom stereocenters. The zero-order chi connectivity index (χ0) is 15.5. The van der Waals surface area contributed by atoms with Crippen LogP contribution < -0.4 is 5.32 Å². The summed E-state index contributed by atoms with van der Waals surface area (Å²) in [6, 6.07) is 10.5. The van der Waals surface area contributed by atoms with Crippen molar-refractivity contribution in [1.82, 2.24) is 4.90 Å². The molecule has 0 aliphatic rings. The third-order valence-electron chi connectivity index (χ3n) is 3.80. The topological polar surface area (TPSA) is 15.3 Å². The molecule has 0 fully saturated rings. The fourth-order valence-electron chi connectivity index (χ4n) is 2.31. The maximum Gasteiger partial charge on any atom is 0.0340 e. The van der Waals surface area contributed by atoms with Crippen molar-refractivity contribution in [3.05, 3.63) is 30.3 Å². The van der Waals surface area contributed by atoms with Gasteiger partial charge in [0.1, 0.15) is 0 Å². The summed E-state index contributed by atoms with van der Waals surface area (Å²) in [5.74, 6) is 1.60. The summed E-state index contributed by atoms with van der Waals surface area (Å²) in [5.41, 5.74) is 1.23. The van der Waals surface area contributed by atoms with Crippen LogP contribution in [0.3, 0.4) is 0 Å². The molecule has 0 aliphatic carbocycles. The molecule has 0 bridgehead atoms. The molecular weight excluding hydrogens is 256 g/mol. The summed E-state index contributed by atoms with van der Waals surface area (Å²) < 4.78 is 0. The molecule has 0 unspecified atom stereocenters. The molecule has 0 amide bonds. The summed E-state index contributed by atoms with van der Waals surface area (Å²) in [5, 5.41) is 3.50. The van der Waals surface area contributed by atoms with Crippen molar-refractivity contribution in [3.8, 4) is 0 Å². The molecule has 1 aromatic carbocycles. The minimum absolute atomic E-state index is 0.800. The lowest BCUT2D eigenvalue weighted by atomic mass is 10.1. The van der Waals surface area contributed by atoms with Crippen LogP contribution in [0.4, 0.5) is 5.69 Å². The fraction of sp³-hybridized carbons (Fsp3) is 0.684. The van der Waals surface area contributed by atoms with Gasteiger partial charge in [0.25, 0.3) is 0 Å². The number of para-hydroxylation sites is 1. The van der Waals surface area contributed by atoms with Crippen LogP contribution in [-0.2, 0) is 0 Å². The van der Waals surface area contributed by atoms with Crippen LogP contribution in [0.5, 0.6) is 0 Å². The number of nitrogens with zero attached hydrogens (tertiary/aromatic N) is 1. The summed E-state index contributed by atoms with van der Waals surface area (Å²) in [4.78, 5) is 2.65. The van der Waals surface area contributed by atoms with Gasteiger partial charge in [-0.05, 0) is 62.9 Å². The number of benzene rings is 1. The first-order chi connectivity index (χ1) is 10.1. The Hall–Kier alpha value is -1.02. The lowest BCUT2D eigenvalue weighted by molar-refractivity contribution is 0.243. The number of rotatable bonds is 11. The average Bonchev–Trinajstić information content (AvgIpc) is 2.46. The van der Waals surface area contributed by atoms with Crippen molar-refractivity contribution in [1.29, 1.82) is 0 Å². The number of hydrogen-bond donors (Lipinski definition) is 1. The van der Waals surface area contributed by atoms with Gasteiger partial charge in [0, 0.05) is 12.2 Å². The van der Waals surface area contributed by atoms with Crippen molar-refractivity contribution in [2.45, 2.75) is 47.0 Å². The first kappa shape index (κ1) is 18.0. The van der Waals surface area contributed by atoms with Crippen molar-refractivity contribution in [2.75, 3.05) is 31.5 Å². The fourth-order valence-corrected chi connectivity index (χ4v) is 2.31. The molecule has 0 saturated heterocycles. The number of anilines is 1. The molecule has 0 aliphatic heterocycles. The SMILES string of the molecule is CC(C)CCN(CCCNc1ccccc1)CCC(C)C. The van der Waals surface area contributed by atoms with Crippen LogP contribution >= 0.6 is 0 Å². The van der Waals surface area contributed by atoms with Crippen LogP contribution in [0.1, 0.15) is 47.0 Å². The minimum atomic E-state index is 0.800. The Morgan fingerprint density at radius 1 is 0.857 bits per heavy atom. The maximum atomic E-state index is 3.50. The van der Waals surface area contributed by atoms with Gasteiger partial charge < -0.3 is 10.2 Å². The van der Waals surface area contributed by atoms with Crippen molar-refractivity contribution < 1.29 is 0 Å². The van der Waals surface area contributed by atoms with E-state index in [-0.39, 0.29) is 0 Å². The summed E-state index contributed by atoms with van der Waals surface area (Å²) in [6.07, 6.45) is 3.83. The van der Waals surface area contributed by atoms with Crippen molar-refractivity contribution >= 4 is 5.69 Å². The highest BCUT2D eigenvalue weighted by Crippen LogP contribution is 2.08. The van der Waals surface area contributed by atoms with Crippen LogP contribution in [0.15, 0.2) is 30.3 Å². The third kappa shape index (κ3) is 9.52. The van der Waals surface area contributed by atoms with E-state index in [1.54, 1.807) is 0 Å². The second-order valence-corrected chi connectivity index (χ2v) is 6.85. The Labute approximate surface area is 131 Å². The normalized spacial score (nSPS) is 11.6. The van der Waals surface area contributed by atoms with E-state index in [0.717, 1.165) is 18.4 Å². The second-order valence-electron chi connectivity index (χ2n) is 6.85. The lowest BCUT2D eigenvalue weighted by Crippen LogP contribution is -2.30. The Bertz CT molecular complexity index is 334. The Kier molecular flexibility index (Phi) is 9.16. The highest BCUT2D eigenvalue weighted by atomic mass is 15.1. The van der Waals surface area contributed by atoms with Crippen LogP contribution in [0, 0.1) is 11.8 Å². The van der Waals surface area contributed by atoms with Crippen LogP contribution in [-0.4, -0.2) is 31.1 Å². The molecule has 0 saturated carbocycles. The predicted molar refractivity (Wildman–Crippen MR) is 94.9 cm³/mol. The Balaban J connectivity index is 2.24. The molecular formula is C19H34N2. The molecule has 0 heterocycles. The van der Waals surface area contributed by atoms with Gasteiger partial charge in [-0.1, -0.05) is 45.9 Å². The van der Waals surface area contributed by atoms with E-state index in [1.807, 2.05) is 0 Å². The third-order valence-corrected chi connectivity index (χ3v) is 3.80. The largest absolute Gasteiger partial charge is 0.385 e. The van der Waals surface area contributed by atoms with Crippen LogP contribution in [0.2, 0.25) is 0 Å². The van der Waals surface area contributed by atoms with E-state index < -0.39 is 0 Å². The summed E-state index contributed by atoms with van der Waals surface area (Å²) in [6.45, 7) is 14.0. The molecule has 1 rings (SSSR count).